The second-order valence-corrected chi connectivity index (χ2v) is 5.63. The summed E-state index contributed by atoms with van der Waals surface area (Å²) < 4.78 is 0. The summed E-state index contributed by atoms with van der Waals surface area (Å²) in [5.41, 5.74) is 11.6. The van der Waals surface area contributed by atoms with E-state index in [1.165, 1.54) is 0 Å². The van der Waals surface area contributed by atoms with Gasteiger partial charge < -0.3 is 11.5 Å². The lowest BCUT2D eigenvalue weighted by atomic mass is 9.72. The van der Waals surface area contributed by atoms with Crippen molar-refractivity contribution in [2.75, 3.05) is 19.0 Å². The van der Waals surface area contributed by atoms with Crippen LogP contribution in [-0.4, -0.2) is 19.0 Å². The van der Waals surface area contributed by atoms with E-state index in [1.54, 1.807) is 0 Å². The maximum Gasteiger partial charge on any atom is 0.0278 e. The molecule has 0 saturated heterocycles. The fourth-order valence-corrected chi connectivity index (χ4v) is 2.41. The molecule has 0 aliphatic carbocycles. The van der Waals surface area contributed by atoms with E-state index in [0.717, 1.165) is 25.8 Å². The lowest BCUT2D eigenvalue weighted by Crippen LogP contribution is -2.31. The number of halogens is 1. The molecule has 0 spiro atoms. The van der Waals surface area contributed by atoms with Gasteiger partial charge in [0.15, 0.2) is 0 Å². The first-order valence-corrected chi connectivity index (χ1v) is 5.89. The Balaban J connectivity index is 4.28. The number of hydrogen-bond donors (Lipinski definition) is 2. The number of hydrogen-bond acceptors (Lipinski definition) is 2. The van der Waals surface area contributed by atoms with Gasteiger partial charge in [0, 0.05) is 5.88 Å². The highest BCUT2D eigenvalue weighted by Gasteiger charge is 2.30. The largest absolute Gasteiger partial charge is 0.330 e. The Labute approximate surface area is 93.4 Å². The van der Waals surface area contributed by atoms with Gasteiger partial charge in [0.05, 0.1) is 0 Å². The molecular formula is C11H25ClN2. The molecule has 3 heteroatoms. The third kappa shape index (κ3) is 5.18. The number of rotatable bonds is 7. The molecule has 0 radical (unpaired) electrons. The summed E-state index contributed by atoms with van der Waals surface area (Å²) in [5.74, 6) is 0.679. The molecule has 14 heavy (non-hydrogen) atoms. The van der Waals surface area contributed by atoms with Gasteiger partial charge in [-0.15, -0.1) is 11.6 Å². The van der Waals surface area contributed by atoms with Gasteiger partial charge in [0.25, 0.3) is 0 Å². The van der Waals surface area contributed by atoms with Crippen molar-refractivity contribution in [2.24, 2.45) is 22.3 Å². The summed E-state index contributed by atoms with van der Waals surface area (Å²) in [6.07, 6.45) is 3.13. The molecule has 86 valence electrons. The third-order valence-corrected chi connectivity index (χ3v) is 3.44. The Hall–Kier alpha value is 0.210. The Morgan fingerprint density at radius 2 is 1.50 bits per heavy atom. The molecule has 0 aliphatic rings. The van der Waals surface area contributed by atoms with Crippen molar-refractivity contribution in [2.45, 2.75) is 40.0 Å². The maximum absolute atomic E-state index is 6.01. The van der Waals surface area contributed by atoms with Crippen molar-refractivity contribution in [3.05, 3.63) is 0 Å². The minimum Gasteiger partial charge on any atom is -0.330 e. The van der Waals surface area contributed by atoms with Crippen molar-refractivity contribution >= 4 is 11.6 Å². The number of alkyl halides is 1. The molecule has 0 saturated carbocycles. The van der Waals surface area contributed by atoms with Crippen molar-refractivity contribution in [1.29, 1.82) is 0 Å². The van der Waals surface area contributed by atoms with E-state index in [4.69, 9.17) is 23.1 Å². The van der Waals surface area contributed by atoms with Gasteiger partial charge in [0.2, 0.25) is 0 Å². The van der Waals surface area contributed by atoms with Crippen molar-refractivity contribution in [3.8, 4) is 0 Å². The van der Waals surface area contributed by atoms with Gasteiger partial charge in [-0.05, 0) is 43.2 Å². The average Bonchev–Trinajstić information content (AvgIpc) is 2.03. The summed E-state index contributed by atoms with van der Waals surface area (Å²) >= 11 is 6.01. The van der Waals surface area contributed by atoms with Crippen LogP contribution in [0.5, 0.6) is 0 Å². The minimum atomic E-state index is 0.162. The minimum absolute atomic E-state index is 0.162. The molecule has 0 fully saturated rings. The highest BCUT2D eigenvalue weighted by Crippen LogP contribution is 2.38. The molecule has 0 amide bonds. The SMILES string of the molecule is CC(C)(CCN)CC(C)(CCl)CCN. The predicted molar refractivity (Wildman–Crippen MR) is 64.6 cm³/mol. The van der Waals surface area contributed by atoms with Crippen LogP contribution < -0.4 is 11.5 Å². The predicted octanol–water partition coefficient (Wildman–Crippen LogP) is 2.35. The molecule has 4 N–H and O–H groups in total. The van der Waals surface area contributed by atoms with Gasteiger partial charge >= 0.3 is 0 Å². The number of nitrogens with two attached hydrogens (primary N) is 2. The summed E-state index contributed by atoms with van der Waals surface area (Å²) in [6.45, 7) is 8.17. The Bertz CT molecular complexity index is 159. The molecule has 0 bridgehead atoms. The first-order chi connectivity index (χ1) is 6.39. The van der Waals surface area contributed by atoms with Crippen molar-refractivity contribution < 1.29 is 0 Å². The summed E-state index contributed by atoms with van der Waals surface area (Å²) in [4.78, 5) is 0. The summed E-state index contributed by atoms with van der Waals surface area (Å²) in [5, 5.41) is 0. The van der Waals surface area contributed by atoms with E-state index in [9.17, 15) is 0 Å². The van der Waals surface area contributed by atoms with Crippen LogP contribution in [0.25, 0.3) is 0 Å². The first kappa shape index (κ1) is 14.2. The summed E-state index contributed by atoms with van der Waals surface area (Å²) in [7, 11) is 0. The van der Waals surface area contributed by atoms with E-state index in [2.05, 4.69) is 20.8 Å². The van der Waals surface area contributed by atoms with Crippen molar-refractivity contribution in [1.82, 2.24) is 0 Å². The van der Waals surface area contributed by atoms with Gasteiger partial charge in [-0.3, -0.25) is 0 Å². The van der Waals surface area contributed by atoms with E-state index in [0.29, 0.717) is 12.4 Å². The van der Waals surface area contributed by atoms with Crippen LogP contribution in [0.15, 0.2) is 0 Å². The van der Waals surface area contributed by atoms with Crippen LogP contribution in [0.1, 0.15) is 40.0 Å². The van der Waals surface area contributed by atoms with Crippen LogP contribution >= 0.6 is 11.6 Å². The fourth-order valence-electron chi connectivity index (χ4n) is 2.19. The van der Waals surface area contributed by atoms with E-state index < -0.39 is 0 Å². The lowest BCUT2D eigenvalue weighted by Gasteiger charge is -2.36. The third-order valence-electron chi connectivity index (χ3n) is 2.80. The van der Waals surface area contributed by atoms with Gasteiger partial charge in [-0.1, -0.05) is 20.8 Å². The molecule has 0 aromatic heterocycles. The highest BCUT2D eigenvalue weighted by molar-refractivity contribution is 6.18. The first-order valence-electron chi connectivity index (χ1n) is 5.35. The molecule has 1 atom stereocenters. The average molecular weight is 221 g/mol. The molecule has 0 heterocycles. The molecule has 0 aromatic rings. The van der Waals surface area contributed by atoms with E-state index in [1.807, 2.05) is 0 Å². The zero-order valence-electron chi connectivity index (χ0n) is 9.78. The molecule has 2 nitrogen and oxygen atoms in total. The van der Waals surface area contributed by atoms with Crippen molar-refractivity contribution in [3.63, 3.8) is 0 Å². The van der Waals surface area contributed by atoms with E-state index in [-0.39, 0.29) is 10.8 Å². The van der Waals surface area contributed by atoms with Crippen LogP contribution in [0.4, 0.5) is 0 Å². The monoisotopic (exact) mass is 220 g/mol. The van der Waals surface area contributed by atoms with Gasteiger partial charge in [-0.25, -0.2) is 0 Å². The molecule has 0 rings (SSSR count). The Kier molecular flexibility index (Phi) is 6.03. The smallest absolute Gasteiger partial charge is 0.0278 e. The molecular weight excluding hydrogens is 196 g/mol. The van der Waals surface area contributed by atoms with Crippen LogP contribution in [0.2, 0.25) is 0 Å². The second kappa shape index (κ2) is 5.94. The highest BCUT2D eigenvalue weighted by atomic mass is 35.5. The van der Waals surface area contributed by atoms with Gasteiger partial charge in [0.1, 0.15) is 0 Å². The molecule has 0 aromatic carbocycles. The normalized spacial score (nSPS) is 16.7. The van der Waals surface area contributed by atoms with Crippen LogP contribution in [0, 0.1) is 10.8 Å². The summed E-state index contributed by atoms with van der Waals surface area (Å²) in [6, 6.07) is 0. The van der Waals surface area contributed by atoms with Crippen LogP contribution in [0.3, 0.4) is 0 Å². The van der Waals surface area contributed by atoms with Crippen LogP contribution in [-0.2, 0) is 0 Å². The van der Waals surface area contributed by atoms with E-state index >= 15 is 0 Å². The van der Waals surface area contributed by atoms with Gasteiger partial charge in [-0.2, -0.15) is 0 Å². The molecule has 0 aliphatic heterocycles. The standard InChI is InChI=1S/C11H25ClN2/c1-10(2,4-6-13)8-11(3,9-12)5-7-14/h4-9,13-14H2,1-3H3. The second-order valence-electron chi connectivity index (χ2n) is 5.36. The maximum atomic E-state index is 6.01. The topological polar surface area (TPSA) is 52.0 Å². The fraction of sp³-hybridized carbons (Fsp3) is 1.00. The Morgan fingerprint density at radius 3 is 1.86 bits per heavy atom. The Morgan fingerprint density at radius 1 is 1.00 bits per heavy atom. The molecule has 1 unspecified atom stereocenters. The quantitative estimate of drug-likeness (QED) is 0.648. The zero-order chi connectivity index (χ0) is 11.2. The zero-order valence-corrected chi connectivity index (χ0v) is 10.5. The lowest BCUT2D eigenvalue weighted by molar-refractivity contribution is 0.180.